The summed E-state index contributed by atoms with van der Waals surface area (Å²) in [6, 6.07) is 13.6. The van der Waals surface area contributed by atoms with Crippen LogP contribution in [-0.2, 0) is 25.8 Å². The van der Waals surface area contributed by atoms with Gasteiger partial charge in [-0.25, -0.2) is 9.67 Å². The Hall–Kier alpha value is -4.00. The van der Waals surface area contributed by atoms with Crippen LogP contribution in [0.15, 0.2) is 54.9 Å². The average molecular weight is 659 g/mol. The third-order valence-electron chi connectivity index (χ3n) is 9.15. The van der Waals surface area contributed by atoms with Gasteiger partial charge >= 0.3 is 5.97 Å². The zero-order valence-corrected chi connectivity index (χ0v) is 29.1. The van der Waals surface area contributed by atoms with Gasteiger partial charge in [0.1, 0.15) is 12.5 Å². The average Bonchev–Trinajstić information content (AvgIpc) is 3.57. The van der Waals surface area contributed by atoms with Crippen LogP contribution in [0.5, 0.6) is 11.6 Å². The van der Waals surface area contributed by atoms with Crippen LogP contribution >= 0.6 is 0 Å². The summed E-state index contributed by atoms with van der Waals surface area (Å²) in [5.74, 6) is 0.692. The minimum atomic E-state index is -1.14. The monoisotopic (exact) mass is 658 g/mol. The van der Waals surface area contributed by atoms with Crippen molar-refractivity contribution in [3.8, 4) is 22.9 Å². The summed E-state index contributed by atoms with van der Waals surface area (Å²) in [6.45, 7) is 13.7. The Kier molecular flexibility index (Phi) is 9.54. The van der Waals surface area contributed by atoms with Crippen LogP contribution in [-0.4, -0.2) is 95.0 Å². The number of carbonyl (C=O) groups excluding carboxylic acids is 2. The molecule has 0 radical (unpaired) electrons. The lowest BCUT2D eigenvalue weighted by Gasteiger charge is -2.45. The van der Waals surface area contributed by atoms with Crippen molar-refractivity contribution in [2.24, 2.45) is 0 Å². The predicted molar refractivity (Wildman–Crippen MR) is 184 cm³/mol. The van der Waals surface area contributed by atoms with Gasteiger partial charge in [0.2, 0.25) is 5.88 Å². The zero-order valence-electron chi connectivity index (χ0n) is 28.1. The standard InChI is InChI=1S/C35H46N6O5Si/c1-25(42)45-22-34(43)39-20-28-7-8-29(21-39)40(28)23-35(2)14-12-26-18-30(9-10-31(26)38-35)46-33-11-6-27(19-36-33)32-13-15-37-41(32)24-44-16-17-47(3,4)5/h6,9-15,18-19,28-29,38H,7-8,16-17,20-24H2,1-5H3. The van der Waals surface area contributed by atoms with Gasteiger partial charge in [-0.3, -0.25) is 14.5 Å². The molecule has 2 bridgehead atoms. The van der Waals surface area contributed by atoms with Crippen molar-refractivity contribution in [2.45, 2.75) is 76.7 Å². The lowest BCUT2D eigenvalue weighted by Crippen LogP contribution is -2.60. The predicted octanol–water partition coefficient (Wildman–Crippen LogP) is 5.49. The largest absolute Gasteiger partial charge is 0.456 e. The van der Waals surface area contributed by atoms with Gasteiger partial charge < -0.3 is 24.4 Å². The molecule has 3 unspecified atom stereocenters. The Balaban J connectivity index is 1.04. The van der Waals surface area contributed by atoms with Crippen molar-refractivity contribution in [3.63, 3.8) is 0 Å². The van der Waals surface area contributed by atoms with Crippen LogP contribution < -0.4 is 10.1 Å². The molecule has 0 aliphatic carbocycles. The molecule has 3 aliphatic rings. The Morgan fingerprint density at radius 3 is 2.57 bits per heavy atom. The summed E-state index contributed by atoms with van der Waals surface area (Å²) >= 11 is 0. The molecule has 3 aliphatic heterocycles. The van der Waals surface area contributed by atoms with E-state index in [1.807, 2.05) is 39.9 Å². The molecule has 1 amide bonds. The fourth-order valence-electron chi connectivity index (χ4n) is 6.58. The molecule has 2 fully saturated rings. The molecule has 1 aromatic carbocycles. The fourth-order valence-corrected chi connectivity index (χ4v) is 7.34. The molecule has 3 atom stereocenters. The van der Waals surface area contributed by atoms with Gasteiger partial charge in [0, 0.05) is 88.6 Å². The van der Waals surface area contributed by atoms with Gasteiger partial charge in [0.05, 0.1) is 11.2 Å². The van der Waals surface area contributed by atoms with Crippen LogP contribution in [0.2, 0.25) is 25.7 Å². The molecule has 2 aromatic heterocycles. The minimum absolute atomic E-state index is 0.113. The van der Waals surface area contributed by atoms with Crippen molar-refractivity contribution >= 4 is 31.7 Å². The molecule has 3 aromatic rings. The number of nitrogens with one attached hydrogen (secondary N) is 1. The maximum atomic E-state index is 12.6. The van der Waals surface area contributed by atoms with E-state index in [1.165, 1.54) is 6.92 Å². The lowest BCUT2D eigenvalue weighted by atomic mass is 9.93. The number of hydrogen-bond donors (Lipinski definition) is 1. The Labute approximate surface area is 277 Å². The summed E-state index contributed by atoms with van der Waals surface area (Å²) in [6.07, 6.45) is 10.1. The molecule has 1 N–H and O–H groups in total. The topological polar surface area (TPSA) is 111 Å². The number of anilines is 1. The number of carbonyl (C=O) groups is 2. The molecular formula is C35H46N6O5Si. The van der Waals surface area contributed by atoms with Crippen LogP contribution in [0.3, 0.4) is 0 Å². The van der Waals surface area contributed by atoms with Crippen LogP contribution in [0.1, 0.15) is 32.3 Å². The summed E-state index contributed by atoms with van der Waals surface area (Å²) in [5.41, 5.74) is 3.74. The first-order valence-corrected chi connectivity index (χ1v) is 20.2. The molecule has 11 nitrogen and oxygen atoms in total. The second kappa shape index (κ2) is 13.6. The van der Waals surface area contributed by atoms with E-state index < -0.39 is 14.0 Å². The number of rotatable bonds is 12. The first-order chi connectivity index (χ1) is 22.4. The molecule has 5 heterocycles. The number of ether oxygens (including phenoxy) is 3. The van der Waals surface area contributed by atoms with Crippen LogP contribution in [0, 0.1) is 0 Å². The molecular weight excluding hydrogens is 613 g/mol. The highest BCUT2D eigenvalue weighted by molar-refractivity contribution is 6.76. The van der Waals surface area contributed by atoms with E-state index in [0.29, 0.717) is 43.5 Å². The molecule has 47 heavy (non-hydrogen) atoms. The SMILES string of the molecule is CC(=O)OCC(=O)N1CC2CCC(C1)N2CC1(C)C=Cc2cc(Oc3ccc(-c4ccnn4COCC[Si](C)(C)C)cn3)ccc2N1. The Bertz CT molecular complexity index is 1610. The highest BCUT2D eigenvalue weighted by Crippen LogP contribution is 2.37. The zero-order chi connectivity index (χ0) is 33.2. The summed E-state index contributed by atoms with van der Waals surface area (Å²) < 4.78 is 18.9. The molecule has 12 heteroatoms. The first kappa shape index (κ1) is 32.9. The summed E-state index contributed by atoms with van der Waals surface area (Å²) in [7, 11) is -1.14. The van der Waals surface area contributed by atoms with E-state index in [9.17, 15) is 9.59 Å². The number of hydrogen-bond acceptors (Lipinski definition) is 9. The van der Waals surface area contributed by atoms with E-state index >= 15 is 0 Å². The van der Waals surface area contributed by atoms with Crippen LogP contribution in [0.25, 0.3) is 17.3 Å². The number of nitrogens with zero attached hydrogens (tertiary/aromatic N) is 5. The van der Waals surface area contributed by atoms with E-state index in [1.54, 1.807) is 12.4 Å². The number of esters is 1. The molecule has 0 saturated carbocycles. The number of benzene rings is 1. The summed E-state index contributed by atoms with van der Waals surface area (Å²) in [5, 5.41) is 8.18. The normalized spacial score (nSPS) is 22.1. The molecule has 250 valence electrons. The minimum Gasteiger partial charge on any atom is -0.456 e. The second-order valence-corrected chi connectivity index (χ2v) is 19.9. The van der Waals surface area contributed by atoms with Crippen LogP contribution in [0.4, 0.5) is 5.69 Å². The highest BCUT2D eigenvalue weighted by Gasteiger charge is 2.44. The van der Waals surface area contributed by atoms with Gasteiger partial charge in [0.15, 0.2) is 6.61 Å². The van der Waals surface area contributed by atoms with Crippen molar-refractivity contribution in [1.29, 1.82) is 0 Å². The highest BCUT2D eigenvalue weighted by atomic mass is 28.3. The summed E-state index contributed by atoms with van der Waals surface area (Å²) in [4.78, 5) is 32.7. The van der Waals surface area contributed by atoms with E-state index in [-0.39, 0.29) is 18.1 Å². The van der Waals surface area contributed by atoms with Gasteiger partial charge in [-0.1, -0.05) is 31.8 Å². The number of aromatic nitrogens is 3. The Morgan fingerprint density at radius 1 is 1.09 bits per heavy atom. The second-order valence-electron chi connectivity index (χ2n) is 14.3. The quantitative estimate of drug-likeness (QED) is 0.154. The third-order valence-corrected chi connectivity index (χ3v) is 10.9. The van der Waals surface area contributed by atoms with Gasteiger partial charge in [-0.15, -0.1) is 0 Å². The number of fused-ring (bicyclic) bond motifs is 3. The molecule has 0 spiro atoms. The number of likely N-dealkylation sites (tertiary alicyclic amines) is 1. The van der Waals surface area contributed by atoms with E-state index in [4.69, 9.17) is 14.2 Å². The van der Waals surface area contributed by atoms with Crippen molar-refractivity contribution < 1.29 is 23.8 Å². The number of pyridine rings is 1. The maximum Gasteiger partial charge on any atom is 0.303 e. The van der Waals surface area contributed by atoms with E-state index in [2.05, 4.69) is 65.1 Å². The Morgan fingerprint density at radius 2 is 1.87 bits per heavy atom. The van der Waals surface area contributed by atoms with Gasteiger partial charge in [-0.2, -0.15) is 5.10 Å². The van der Waals surface area contributed by atoms with Gasteiger partial charge in [-0.05, 0) is 56.1 Å². The van der Waals surface area contributed by atoms with E-state index in [0.717, 1.165) is 54.5 Å². The van der Waals surface area contributed by atoms with Crippen molar-refractivity contribution in [3.05, 3.63) is 60.4 Å². The maximum absolute atomic E-state index is 12.6. The molecule has 6 rings (SSSR count). The van der Waals surface area contributed by atoms with Gasteiger partial charge in [0.25, 0.3) is 5.91 Å². The van der Waals surface area contributed by atoms with Crippen molar-refractivity contribution in [1.82, 2.24) is 24.6 Å². The fraction of sp³-hybridized carbons (Fsp3) is 0.486. The third kappa shape index (κ3) is 8.11. The smallest absolute Gasteiger partial charge is 0.303 e. The molecule has 2 saturated heterocycles. The lowest BCUT2D eigenvalue weighted by molar-refractivity contribution is -0.151. The van der Waals surface area contributed by atoms with Crippen molar-refractivity contribution in [2.75, 3.05) is 38.2 Å². The number of amides is 1. The number of piperazine rings is 1. The first-order valence-electron chi connectivity index (χ1n) is 16.5.